The molecule has 1 unspecified atom stereocenters. The number of rotatable bonds is 5. The van der Waals surface area contributed by atoms with Crippen molar-refractivity contribution < 1.29 is 14.4 Å². The van der Waals surface area contributed by atoms with Crippen molar-refractivity contribution in [1.29, 1.82) is 5.26 Å². The molecule has 2 heterocycles. The summed E-state index contributed by atoms with van der Waals surface area (Å²) in [6, 6.07) is 10.9. The number of methoxy groups -OCH3 is 1. The van der Waals surface area contributed by atoms with Crippen LogP contribution in [0.15, 0.2) is 24.3 Å². The van der Waals surface area contributed by atoms with Gasteiger partial charge in [0, 0.05) is 16.9 Å². The van der Waals surface area contributed by atoms with Gasteiger partial charge in [0.1, 0.15) is 22.9 Å². The van der Waals surface area contributed by atoms with E-state index < -0.39 is 0 Å². The summed E-state index contributed by atoms with van der Waals surface area (Å²) in [4.78, 5) is 15.5. The van der Waals surface area contributed by atoms with Gasteiger partial charge in [0.05, 0.1) is 19.2 Å². The molecular formula is C23H28N3O2S+. The molecule has 152 valence electrons. The standard InChI is InChI=1S/C23H27N3O2S/c1-28-17-11-9-16(10-12-17)20-7-3-2-4-13-26(20)15-22(27)25-23-19(14-24)18-6-5-8-21(18)29-23/h9-12,20H,2-8,13,15H2,1H3,(H,25,27)/p+1/t20-/m0/s1. The number of hydrogen-bond donors (Lipinski definition) is 2. The van der Waals surface area contributed by atoms with E-state index in [9.17, 15) is 10.1 Å². The van der Waals surface area contributed by atoms with Gasteiger partial charge in [-0.15, -0.1) is 11.3 Å². The third-order valence-electron chi connectivity index (χ3n) is 6.18. The zero-order chi connectivity index (χ0) is 20.2. The molecule has 1 aromatic carbocycles. The molecule has 29 heavy (non-hydrogen) atoms. The van der Waals surface area contributed by atoms with Crippen LogP contribution in [-0.4, -0.2) is 26.1 Å². The van der Waals surface area contributed by atoms with Crippen molar-refractivity contribution in [2.45, 2.75) is 51.0 Å². The molecule has 4 rings (SSSR count). The molecular weight excluding hydrogens is 382 g/mol. The Bertz CT molecular complexity index is 913. The van der Waals surface area contributed by atoms with Crippen LogP contribution in [0.4, 0.5) is 5.00 Å². The smallest absolute Gasteiger partial charge is 0.280 e. The summed E-state index contributed by atoms with van der Waals surface area (Å²) in [5.41, 5.74) is 3.11. The van der Waals surface area contributed by atoms with E-state index in [0.717, 1.165) is 55.0 Å². The molecule has 1 saturated heterocycles. The molecule has 1 aliphatic carbocycles. The van der Waals surface area contributed by atoms with Crippen molar-refractivity contribution >= 4 is 22.2 Å². The molecule has 2 aromatic rings. The number of carbonyl (C=O) groups excluding carboxylic acids is 1. The SMILES string of the molecule is COc1ccc([C@@H]2CCCCC[NH+]2CC(=O)Nc2sc3c(c2C#N)CCC3)cc1. The number of benzene rings is 1. The fraction of sp³-hybridized carbons (Fsp3) is 0.478. The summed E-state index contributed by atoms with van der Waals surface area (Å²) in [6.07, 6.45) is 7.75. The minimum Gasteiger partial charge on any atom is -0.497 e. The number of aryl methyl sites for hydroxylation is 1. The van der Waals surface area contributed by atoms with E-state index in [4.69, 9.17) is 4.74 Å². The van der Waals surface area contributed by atoms with Crippen LogP contribution >= 0.6 is 11.3 Å². The Morgan fingerprint density at radius 1 is 1.24 bits per heavy atom. The molecule has 0 bridgehead atoms. The number of anilines is 1. The molecule has 1 aliphatic heterocycles. The van der Waals surface area contributed by atoms with Gasteiger partial charge in [-0.2, -0.15) is 5.26 Å². The van der Waals surface area contributed by atoms with Gasteiger partial charge in [0.2, 0.25) is 0 Å². The highest BCUT2D eigenvalue weighted by atomic mass is 32.1. The zero-order valence-electron chi connectivity index (χ0n) is 16.9. The second-order valence-electron chi connectivity index (χ2n) is 7.98. The van der Waals surface area contributed by atoms with Gasteiger partial charge >= 0.3 is 0 Å². The van der Waals surface area contributed by atoms with Gasteiger partial charge in [0.25, 0.3) is 5.91 Å². The predicted octanol–water partition coefficient (Wildman–Crippen LogP) is 3.26. The van der Waals surface area contributed by atoms with Crippen LogP contribution in [-0.2, 0) is 17.6 Å². The number of ether oxygens (including phenoxy) is 1. The number of carbonyl (C=O) groups is 1. The summed E-state index contributed by atoms with van der Waals surface area (Å²) in [5.74, 6) is 0.869. The van der Waals surface area contributed by atoms with Gasteiger partial charge < -0.3 is 15.0 Å². The van der Waals surface area contributed by atoms with Crippen LogP contribution in [0.25, 0.3) is 0 Å². The maximum Gasteiger partial charge on any atom is 0.280 e. The van der Waals surface area contributed by atoms with E-state index >= 15 is 0 Å². The highest BCUT2D eigenvalue weighted by Gasteiger charge is 2.29. The lowest BCUT2D eigenvalue weighted by Gasteiger charge is -2.26. The van der Waals surface area contributed by atoms with E-state index in [0.29, 0.717) is 18.2 Å². The van der Waals surface area contributed by atoms with Gasteiger partial charge in [0.15, 0.2) is 6.54 Å². The first-order valence-corrected chi connectivity index (χ1v) is 11.3. The molecule has 0 spiro atoms. The molecule has 6 heteroatoms. The summed E-state index contributed by atoms with van der Waals surface area (Å²) in [6.45, 7) is 1.43. The molecule has 2 aliphatic rings. The highest BCUT2D eigenvalue weighted by molar-refractivity contribution is 7.16. The summed E-state index contributed by atoms with van der Waals surface area (Å²) in [5, 5.41) is 13.4. The molecule has 1 aromatic heterocycles. The first-order chi connectivity index (χ1) is 14.2. The molecule has 0 radical (unpaired) electrons. The predicted molar refractivity (Wildman–Crippen MR) is 115 cm³/mol. The second kappa shape index (κ2) is 8.98. The topological polar surface area (TPSA) is 66.6 Å². The first kappa shape index (κ1) is 19.9. The number of hydrogen-bond acceptors (Lipinski definition) is 4. The number of quaternary nitrogens is 1. The average Bonchev–Trinajstić information content (AvgIpc) is 3.22. The van der Waals surface area contributed by atoms with Gasteiger partial charge in [-0.3, -0.25) is 4.79 Å². The maximum atomic E-state index is 12.9. The number of likely N-dealkylation sites (tertiary alicyclic amines) is 1. The van der Waals surface area contributed by atoms with Crippen LogP contribution in [0.2, 0.25) is 0 Å². The van der Waals surface area contributed by atoms with E-state index in [1.165, 1.54) is 28.2 Å². The summed E-state index contributed by atoms with van der Waals surface area (Å²) >= 11 is 1.59. The highest BCUT2D eigenvalue weighted by Crippen LogP contribution is 2.38. The molecule has 5 nitrogen and oxygen atoms in total. The Labute approximate surface area is 176 Å². The van der Waals surface area contributed by atoms with Crippen molar-refractivity contribution in [3.05, 3.63) is 45.8 Å². The minimum absolute atomic E-state index is 0.0110. The Balaban J connectivity index is 1.48. The second-order valence-corrected chi connectivity index (χ2v) is 9.09. The number of fused-ring (bicyclic) bond motifs is 1. The number of amides is 1. The minimum atomic E-state index is 0.0110. The van der Waals surface area contributed by atoms with Crippen LogP contribution < -0.4 is 15.0 Å². The van der Waals surface area contributed by atoms with Gasteiger partial charge in [-0.25, -0.2) is 0 Å². The van der Waals surface area contributed by atoms with Crippen molar-refractivity contribution in [3.8, 4) is 11.8 Å². The third-order valence-corrected chi connectivity index (χ3v) is 7.38. The number of nitrogens with zero attached hydrogens (tertiary/aromatic N) is 1. The molecule has 2 N–H and O–H groups in total. The van der Waals surface area contributed by atoms with E-state index in [1.807, 2.05) is 12.1 Å². The van der Waals surface area contributed by atoms with E-state index in [2.05, 4.69) is 23.5 Å². The fourth-order valence-electron chi connectivity index (χ4n) is 4.69. The van der Waals surface area contributed by atoms with Crippen LogP contribution in [0.5, 0.6) is 5.75 Å². The summed E-state index contributed by atoms with van der Waals surface area (Å²) < 4.78 is 5.29. The first-order valence-electron chi connectivity index (χ1n) is 10.5. The van der Waals surface area contributed by atoms with Crippen LogP contribution in [0.3, 0.4) is 0 Å². The molecule has 0 saturated carbocycles. The lowest BCUT2D eigenvalue weighted by molar-refractivity contribution is -0.923. The normalized spacial score (nSPS) is 21.1. The van der Waals surface area contributed by atoms with E-state index in [1.54, 1.807) is 18.4 Å². The Morgan fingerprint density at radius 2 is 2.07 bits per heavy atom. The van der Waals surface area contributed by atoms with Crippen molar-refractivity contribution in [2.24, 2.45) is 0 Å². The van der Waals surface area contributed by atoms with Gasteiger partial charge in [-0.1, -0.05) is 0 Å². The number of nitrogens with one attached hydrogen (secondary N) is 2. The monoisotopic (exact) mass is 410 g/mol. The Hall–Kier alpha value is -2.36. The number of thiophene rings is 1. The fourth-order valence-corrected chi connectivity index (χ4v) is 5.95. The number of nitriles is 1. The quantitative estimate of drug-likeness (QED) is 0.795. The zero-order valence-corrected chi connectivity index (χ0v) is 17.7. The lowest BCUT2D eigenvalue weighted by atomic mass is 10.0. The lowest BCUT2D eigenvalue weighted by Crippen LogP contribution is -3.13. The van der Waals surface area contributed by atoms with Crippen molar-refractivity contribution in [1.82, 2.24) is 0 Å². The molecule has 1 fully saturated rings. The Kier molecular flexibility index (Phi) is 6.17. The van der Waals surface area contributed by atoms with Gasteiger partial charge in [-0.05, 0) is 68.4 Å². The maximum absolute atomic E-state index is 12.9. The molecule has 1 amide bonds. The Morgan fingerprint density at radius 3 is 2.83 bits per heavy atom. The summed E-state index contributed by atoms with van der Waals surface area (Å²) in [7, 11) is 1.68. The average molecular weight is 411 g/mol. The largest absolute Gasteiger partial charge is 0.497 e. The van der Waals surface area contributed by atoms with Crippen LogP contribution in [0.1, 0.15) is 59.7 Å². The van der Waals surface area contributed by atoms with Crippen molar-refractivity contribution in [2.75, 3.05) is 25.5 Å². The van der Waals surface area contributed by atoms with Crippen molar-refractivity contribution in [3.63, 3.8) is 0 Å². The van der Waals surface area contributed by atoms with Crippen LogP contribution in [0, 0.1) is 11.3 Å². The van der Waals surface area contributed by atoms with E-state index in [-0.39, 0.29) is 5.91 Å². The third kappa shape index (κ3) is 4.31. The molecule has 2 atom stereocenters.